The third-order valence-electron chi connectivity index (χ3n) is 4.74. The zero-order valence-corrected chi connectivity index (χ0v) is 16.9. The quantitative estimate of drug-likeness (QED) is 0.668. The highest BCUT2D eigenvalue weighted by Crippen LogP contribution is 2.32. The molecule has 1 N–H and O–H groups in total. The van der Waals surface area contributed by atoms with E-state index in [4.69, 9.17) is 0 Å². The highest BCUT2D eigenvalue weighted by Gasteiger charge is 2.29. The van der Waals surface area contributed by atoms with Crippen molar-refractivity contribution < 1.29 is 9.59 Å². The molecule has 4 rings (SSSR count). The van der Waals surface area contributed by atoms with Crippen LogP contribution in [-0.2, 0) is 9.59 Å². The van der Waals surface area contributed by atoms with Crippen LogP contribution in [0.4, 0.5) is 11.4 Å². The summed E-state index contributed by atoms with van der Waals surface area (Å²) in [7, 11) is 0. The van der Waals surface area contributed by atoms with E-state index in [0.717, 1.165) is 11.3 Å². The van der Waals surface area contributed by atoms with Crippen LogP contribution >= 0.6 is 11.8 Å². The summed E-state index contributed by atoms with van der Waals surface area (Å²) >= 11 is 1.27. The van der Waals surface area contributed by atoms with E-state index in [-0.39, 0.29) is 30.0 Å². The largest absolute Gasteiger partial charge is 0.324 e. The summed E-state index contributed by atoms with van der Waals surface area (Å²) in [6.07, 6.45) is 0.242. The number of nitrogens with one attached hydrogen (secondary N) is 1. The highest BCUT2D eigenvalue weighted by atomic mass is 32.2. The van der Waals surface area contributed by atoms with Gasteiger partial charge in [-0.25, -0.2) is 0 Å². The number of hydrogen-bond acceptors (Lipinski definition) is 6. The molecule has 0 bridgehead atoms. The molecule has 1 atom stereocenters. The first-order chi connectivity index (χ1) is 14.0. The number of rotatable bonds is 4. The van der Waals surface area contributed by atoms with Crippen LogP contribution in [-0.4, -0.2) is 43.8 Å². The number of aryl methyl sites for hydroxylation is 1. The Kier molecular flexibility index (Phi) is 5.30. The Balaban J connectivity index is 1.56. The second kappa shape index (κ2) is 8.04. The van der Waals surface area contributed by atoms with Gasteiger partial charge < -0.3 is 10.2 Å². The van der Waals surface area contributed by atoms with Crippen molar-refractivity contribution in [1.29, 1.82) is 0 Å². The first kappa shape index (κ1) is 19.1. The van der Waals surface area contributed by atoms with Gasteiger partial charge in [0.25, 0.3) is 0 Å². The molecule has 1 aromatic heterocycles. The molecule has 2 aromatic carbocycles. The van der Waals surface area contributed by atoms with Crippen molar-refractivity contribution in [2.45, 2.75) is 31.5 Å². The van der Waals surface area contributed by atoms with Crippen molar-refractivity contribution >= 4 is 35.0 Å². The predicted molar refractivity (Wildman–Crippen MR) is 111 cm³/mol. The molecular formula is C20H20N6O2S. The molecular weight excluding hydrogens is 388 g/mol. The molecule has 1 unspecified atom stereocenters. The monoisotopic (exact) mass is 408 g/mol. The molecule has 3 aromatic rings. The minimum Gasteiger partial charge on any atom is -0.324 e. The van der Waals surface area contributed by atoms with Gasteiger partial charge >= 0.3 is 0 Å². The summed E-state index contributed by atoms with van der Waals surface area (Å²) in [4.78, 5) is 26.9. The van der Waals surface area contributed by atoms with Crippen LogP contribution in [0.15, 0.2) is 53.7 Å². The van der Waals surface area contributed by atoms with E-state index in [9.17, 15) is 9.59 Å². The Hall–Kier alpha value is -3.20. The number of aromatic nitrogens is 4. The SMILES string of the molecule is Cc1ccccc1-n1nnnc1SCC(=O)N1c2ccccc2NC(=O)CC1C. The molecule has 8 nitrogen and oxygen atoms in total. The molecule has 0 spiro atoms. The zero-order chi connectivity index (χ0) is 20.4. The lowest BCUT2D eigenvalue weighted by Gasteiger charge is -2.27. The number of nitrogens with zero attached hydrogens (tertiary/aromatic N) is 5. The van der Waals surface area contributed by atoms with E-state index in [0.29, 0.717) is 16.5 Å². The van der Waals surface area contributed by atoms with Crippen LogP contribution in [0.5, 0.6) is 0 Å². The van der Waals surface area contributed by atoms with Gasteiger partial charge in [0.1, 0.15) is 0 Å². The molecule has 1 aliphatic rings. The number of para-hydroxylation sites is 3. The summed E-state index contributed by atoms with van der Waals surface area (Å²) in [6, 6.07) is 14.9. The third-order valence-corrected chi connectivity index (χ3v) is 5.64. The molecule has 2 heterocycles. The summed E-state index contributed by atoms with van der Waals surface area (Å²) in [5.74, 6) is -0.0544. The molecule has 9 heteroatoms. The number of fused-ring (bicyclic) bond motifs is 1. The number of tetrazole rings is 1. The van der Waals surface area contributed by atoms with Crippen LogP contribution in [0, 0.1) is 6.92 Å². The van der Waals surface area contributed by atoms with Gasteiger partial charge in [0.05, 0.1) is 22.8 Å². The van der Waals surface area contributed by atoms with Crippen LogP contribution < -0.4 is 10.2 Å². The maximum Gasteiger partial charge on any atom is 0.237 e. The lowest BCUT2D eigenvalue weighted by Crippen LogP contribution is -2.40. The number of carbonyl (C=O) groups excluding carboxylic acids is 2. The van der Waals surface area contributed by atoms with Crippen LogP contribution in [0.3, 0.4) is 0 Å². The number of carbonyl (C=O) groups is 2. The third kappa shape index (κ3) is 3.86. The average Bonchev–Trinajstić information content (AvgIpc) is 3.11. The first-order valence-electron chi connectivity index (χ1n) is 9.22. The highest BCUT2D eigenvalue weighted by molar-refractivity contribution is 7.99. The van der Waals surface area contributed by atoms with Gasteiger partial charge in [-0.3, -0.25) is 9.59 Å². The molecule has 0 saturated heterocycles. The second-order valence-corrected chi connectivity index (χ2v) is 7.77. The van der Waals surface area contributed by atoms with E-state index in [1.807, 2.05) is 56.3 Å². The summed E-state index contributed by atoms with van der Waals surface area (Å²) in [6.45, 7) is 3.86. The normalized spacial score (nSPS) is 16.1. The maximum atomic E-state index is 13.1. The standard InChI is InChI=1S/C20H20N6O2S/c1-13-7-3-5-9-16(13)26-20(22-23-24-26)29-12-19(28)25-14(2)11-18(27)21-15-8-4-6-10-17(15)25/h3-10,14H,11-12H2,1-2H3,(H,21,27). The molecule has 0 aliphatic carbocycles. The molecule has 0 radical (unpaired) electrons. The van der Waals surface area contributed by atoms with E-state index in [1.54, 1.807) is 15.6 Å². The van der Waals surface area contributed by atoms with Gasteiger partial charge in [-0.15, -0.1) is 5.10 Å². The fraction of sp³-hybridized carbons (Fsp3) is 0.250. The lowest BCUT2D eigenvalue weighted by molar-refractivity contribution is -0.117. The van der Waals surface area contributed by atoms with Crippen molar-refractivity contribution in [1.82, 2.24) is 20.2 Å². The van der Waals surface area contributed by atoms with Crippen LogP contribution in [0.2, 0.25) is 0 Å². The Bertz CT molecular complexity index is 1070. The van der Waals surface area contributed by atoms with Crippen molar-refractivity contribution in [2.75, 3.05) is 16.0 Å². The Labute approximate surface area is 172 Å². The van der Waals surface area contributed by atoms with Gasteiger partial charge in [-0.05, 0) is 48.0 Å². The number of benzene rings is 2. The number of anilines is 2. The van der Waals surface area contributed by atoms with Crippen molar-refractivity contribution in [3.8, 4) is 5.69 Å². The second-order valence-electron chi connectivity index (χ2n) is 6.83. The summed E-state index contributed by atoms with van der Waals surface area (Å²) in [5.41, 5.74) is 3.25. The minimum atomic E-state index is -0.251. The molecule has 0 fully saturated rings. The lowest BCUT2D eigenvalue weighted by atomic mass is 10.2. The Morgan fingerprint density at radius 1 is 1.17 bits per heavy atom. The van der Waals surface area contributed by atoms with Crippen molar-refractivity contribution in [2.24, 2.45) is 0 Å². The van der Waals surface area contributed by atoms with Crippen LogP contribution in [0.25, 0.3) is 5.69 Å². The van der Waals surface area contributed by atoms with Gasteiger partial charge in [0.2, 0.25) is 17.0 Å². The van der Waals surface area contributed by atoms with E-state index < -0.39 is 0 Å². The van der Waals surface area contributed by atoms with Gasteiger partial charge in [-0.1, -0.05) is 42.1 Å². The van der Waals surface area contributed by atoms with Gasteiger partial charge in [0.15, 0.2) is 0 Å². The minimum absolute atomic E-state index is 0.101. The van der Waals surface area contributed by atoms with Crippen LogP contribution in [0.1, 0.15) is 18.9 Å². The zero-order valence-electron chi connectivity index (χ0n) is 16.1. The predicted octanol–water partition coefficient (Wildman–Crippen LogP) is 2.83. The topological polar surface area (TPSA) is 93.0 Å². The first-order valence-corrected chi connectivity index (χ1v) is 10.2. The van der Waals surface area contributed by atoms with Crippen molar-refractivity contribution in [3.05, 3.63) is 54.1 Å². The summed E-state index contributed by atoms with van der Waals surface area (Å²) < 4.78 is 1.64. The Morgan fingerprint density at radius 2 is 1.90 bits per heavy atom. The average molecular weight is 408 g/mol. The number of thioether (sulfide) groups is 1. The molecule has 1 aliphatic heterocycles. The van der Waals surface area contributed by atoms with Gasteiger partial charge in [0, 0.05) is 12.5 Å². The van der Waals surface area contributed by atoms with Crippen molar-refractivity contribution in [3.63, 3.8) is 0 Å². The van der Waals surface area contributed by atoms with E-state index in [1.165, 1.54) is 11.8 Å². The molecule has 148 valence electrons. The molecule has 2 amide bonds. The molecule has 29 heavy (non-hydrogen) atoms. The van der Waals surface area contributed by atoms with E-state index >= 15 is 0 Å². The van der Waals surface area contributed by atoms with Gasteiger partial charge in [-0.2, -0.15) is 4.68 Å². The Morgan fingerprint density at radius 3 is 2.69 bits per heavy atom. The smallest absolute Gasteiger partial charge is 0.237 e. The number of amides is 2. The molecule has 0 saturated carbocycles. The fourth-order valence-electron chi connectivity index (χ4n) is 3.38. The fourth-order valence-corrected chi connectivity index (χ4v) is 4.13. The maximum absolute atomic E-state index is 13.1. The van der Waals surface area contributed by atoms with E-state index in [2.05, 4.69) is 20.8 Å². The summed E-state index contributed by atoms with van der Waals surface area (Å²) in [5, 5.41) is 15.3. The number of hydrogen-bond donors (Lipinski definition) is 1.